The molecule has 0 spiro atoms. The lowest BCUT2D eigenvalue weighted by Crippen LogP contribution is -2.57. The average molecular weight is 298 g/mol. The number of terminal acetylenes is 1. The Labute approximate surface area is 121 Å². The van der Waals surface area contributed by atoms with Crippen LogP contribution in [0.25, 0.3) is 0 Å². The zero-order valence-corrected chi connectivity index (χ0v) is 12.7. The summed E-state index contributed by atoms with van der Waals surface area (Å²) in [5, 5.41) is 3.29. The van der Waals surface area contributed by atoms with Crippen LogP contribution in [0, 0.1) is 12.3 Å². The summed E-state index contributed by atoms with van der Waals surface area (Å²) < 4.78 is 23.3. The van der Waals surface area contributed by atoms with Gasteiger partial charge in [0, 0.05) is 6.04 Å². The standard InChI is InChI=1S/C14H22N2O3S/c1-3-9-16(12-6-10-20(18,19)11-12)13(17)14(4-2)7-5-8-15-14/h1,12,15H,4-11H2,2H3. The summed E-state index contributed by atoms with van der Waals surface area (Å²) in [6, 6.07) is -0.269. The molecule has 1 N–H and O–H groups in total. The van der Waals surface area contributed by atoms with Gasteiger partial charge in [0.25, 0.3) is 0 Å². The maximum Gasteiger partial charge on any atom is 0.243 e. The lowest BCUT2D eigenvalue weighted by Gasteiger charge is -2.36. The summed E-state index contributed by atoms with van der Waals surface area (Å²) >= 11 is 0. The smallest absolute Gasteiger partial charge is 0.243 e. The Morgan fingerprint density at radius 2 is 2.30 bits per heavy atom. The second-order valence-corrected chi connectivity index (χ2v) is 7.89. The van der Waals surface area contributed by atoms with Gasteiger partial charge in [0.1, 0.15) is 0 Å². The summed E-state index contributed by atoms with van der Waals surface area (Å²) in [6.45, 7) is 2.99. The number of nitrogens with zero attached hydrogens (tertiary/aromatic N) is 1. The van der Waals surface area contributed by atoms with Crippen molar-refractivity contribution in [2.24, 2.45) is 0 Å². The molecule has 0 bridgehead atoms. The minimum atomic E-state index is -3.03. The van der Waals surface area contributed by atoms with Crippen molar-refractivity contribution in [3.05, 3.63) is 0 Å². The second-order valence-electron chi connectivity index (χ2n) is 5.66. The van der Waals surface area contributed by atoms with Crippen molar-refractivity contribution in [1.29, 1.82) is 0 Å². The fraction of sp³-hybridized carbons (Fsp3) is 0.786. The third-order valence-corrected chi connectivity index (χ3v) is 6.18. The largest absolute Gasteiger partial charge is 0.326 e. The van der Waals surface area contributed by atoms with Gasteiger partial charge in [-0.3, -0.25) is 4.79 Å². The first-order chi connectivity index (χ1) is 9.44. The average Bonchev–Trinajstić information content (AvgIpc) is 3.02. The molecule has 0 aliphatic carbocycles. The van der Waals surface area contributed by atoms with Gasteiger partial charge in [-0.2, -0.15) is 0 Å². The molecule has 2 fully saturated rings. The maximum atomic E-state index is 12.9. The zero-order chi connectivity index (χ0) is 14.8. The van der Waals surface area contributed by atoms with Gasteiger partial charge in [0.05, 0.1) is 23.6 Å². The fourth-order valence-electron chi connectivity index (χ4n) is 3.20. The molecule has 0 saturated carbocycles. The van der Waals surface area contributed by atoms with E-state index in [2.05, 4.69) is 11.2 Å². The Kier molecular flexibility index (Phi) is 4.40. The van der Waals surface area contributed by atoms with Gasteiger partial charge in [-0.05, 0) is 32.2 Å². The zero-order valence-electron chi connectivity index (χ0n) is 11.9. The molecule has 2 saturated heterocycles. The van der Waals surface area contributed by atoms with Gasteiger partial charge in [-0.25, -0.2) is 8.42 Å². The molecule has 2 rings (SSSR count). The van der Waals surface area contributed by atoms with Gasteiger partial charge in [-0.1, -0.05) is 12.8 Å². The Bertz CT molecular complexity index is 515. The molecule has 2 heterocycles. The first-order valence-electron chi connectivity index (χ1n) is 7.14. The normalized spacial score (nSPS) is 31.9. The minimum Gasteiger partial charge on any atom is -0.326 e. The fourth-order valence-corrected chi connectivity index (χ4v) is 4.93. The van der Waals surface area contributed by atoms with Crippen LogP contribution >= 0.6 is 0 Å². The highest BCUT2D eigenvalue weighted by atomic mass is 32.2. The molecule has 2 unspecified atom stereocenters. The second kappa shape index (κ2) is 5.74. The number of rotatable bonds is 4. The predicted molar refractivity (Wildman–Crippen MR) is 77.9 cm³/mol. The molecular formula is C14H22N2O3S. The molecule has 0 aromatic carbocycles. The summed E-state index contributed by atoms with van der Waals surface area (Å²) in [7, 11) is -3.03. The molecular weight excluding hydrogens is 276 g/mol. The van der Waals surface area contributed by atoms with Gasteiger partial charge in [0.15, 0.2) is 9.84 Å². The van der Waals surface area contributed by atoms with Crippen LogP contribution in [0.3, 0.4) is 0 Å². The highest BCUT2D eigenvalue weighted by molar-refractivity contribution is 7.91. The molecule has 0 aromatic rings. The number of carbonyl (C=O) groups is 1. The van der Waals surface area contributed by atoms with Crippen LogP contribution in [0.4, 0.5) is 0 Å². The van der Waals surface area contributed by atoms with E-state index in [9.17, 15) is 13.2 Å². The number of carbonyl (C=O) groups excluding carboxylic acids is 1. The van der Waals surface area contributed by atoms with Crippen molar-refractivity contribution in [1.82, 2.24) is 10.2 Å². The third-order valence-electron chi connectivity index (χ3n) is 4.43. The Morgan fingerprint density at radius 1 is 1.55 bits per heavy atom. The minimum absolute atomic E-state index is 0.0300. The number of nitrogens with one attached hydrogen (secondary N) is 1. The molecule has 112 valence electrons. The van der Waals surface area contributed by atoms with Crippen molar-refractivity contribution in [3.63, 3.8) is 0 Å². The summed E-state index contributed by atoms with van der Waals surface area (Å²) in [5.74, 6) is 2.66. The van der Waals surface area contributed by atoms with E-state index in [0.29, 0.717) is 12.8 Å². The van der Waals surface area contributed by atoms with E-state index in [0.717, 1.165) is 19.4 Å². The van der Waals surface area contributed by atoms with Crippen molar-refractivity contribution < 1.29 is 13.2 Å². The lowest BCUT2D eigenvalue weighted by atomic mass is 9.91. The van der Waals surface area contributed by atoms with Crippen molar-refractivity contribution in [2.45, 2.75) is 44.2 Å². The first kappa shape index (κ1) is 15.3. The Balaban J connectivity index is 2.20. The molecule has 2 aliphatic rings. The van der Waals surface area contributed by atoms with Gasteiger partial charge >= 0.3 is 0 Å². The highest BCUT2D eigenvalue weighted by Crippen LogP contribution is 2.28. The van der Waals surface area contributed by atoms with Crippen LogP contribution in [-0.2, 0) is 14.6 Å². The van der Waals surface area contributed by atoms with E-state index < -0.39 is 15.4 Å². The summed E-state index contributed by atoms with van der Waals surface area (Å²) in [4.78, 5) is 14.5. The summed E-state index contributed by atoms with van der Waals surface area (Å²) in [6.07, 6.45) is 8.33. The quantitative estimate of drug-likeness (QED) is 0.751. The van der Waals surface area contributed by atoms with Crippen LogP contribution in [0.5, 0.6) is 0 Å². The van der Waals surface area contributed by atoms with E-state index in [1.54, 1.807) is 4.90 Å². The van der Waals surface area contributed by atoms with E-state index in [1.807, 2.05) is 6.92 Å². The molecule has 6 heteroatoms. The van der Waals surface area contributed by atoms with Crippen LogP contribution < -0.4 is 5.32 Å². The SMILES string of the molecule is C#CCN(C(=O)C1(CC)CCCN1)C1CCS(=O)(=O)C1. The first-order valence-corrected chi connectivity index (χ1v) is 8.96. The van der Waals surface area contributed by atoms with E-state index in [4.69, 9.17) is 6.42 Å². The van der Waals surface area contributed by atoms with Crippen LogP contribution in [-0.4, -0.2) is 55.4 Å². The molecule has 2 atom stereocenters. The predicted octanol–water partition coefficient (Wildman–Crippen LogP) is 0.168. The summed E-state index contributed by atoms with van der Waals surface area (Å²) in [5.41, 5.74) is -0.552. The molecule has 0 radical (unpaired) electrons. The molecule has 0 aromatic heterocycles. The molecule has 2 aliphatic heterocycles. The number of amides is 1. The molecule has 5 nitrogen and oxygen atoms in total. The highest BCUT2D eigenvalue weighted by Gasteiger charge is 2.45. The maximum absolute atomic E-state index is 12.9. The Hall–Kier alpha value is -1.06. The molecule has 1 amide bonds. The van der Waals surface area contributed by atoms with Crippen molar-refractivity contribution >= 4 is 15.7 Å². The van der Waals surface area contributed by atoms with Gasteiger partial charge < -0.3 is 10.2 Å². The van der Waals surface area contributed by atoms with Crippen LogP contribution in [0.15, 0.2) is 0 Å². The number of hydrogen-bond acceptors (Lipinski definition) is 4. The topological polar surface area (TPSA) is 66.5 Å². The van der Waals surface area contributed by atoms with Gasteiger partial charge in [-0.15, -0.1) is 6.42 Å². The third kappa shape index (κ3) is 2.84. The monoisotopic (exact) mass is 298 g/mol. The van der Waals surface area contributed by atoms with E-state index >= 15 is 0 Å². The number of hydrogen-bond donors (Lipinski definition) is 1. The van der Waals surface area contributed by atoms with Crippen molar-refractivity contribution in [3.8, 4) is 12.3 Å². The Morgan fingerprint density at radius 3 is 2.75 bits per heavy atom. The van der Waals surface area contributed by atoms with Crippen LogP contribution in [0.2, 0.25) is 0 Å². The number of sulfone groups is 1. The van der Waals surface area contributed by atoms with E-state index in [1.165, 1.54) is 0 Å². The van der Waals surface area contributed by atoms with Crippen molar-refractivity contribution in [2.75, 3.05) is 24.6 Å². The van der Waals surface area contributed by atoms with Gasteiger partial charge in [0.2, 0.25) is 5.91 Å². The van der Waals surface area contributed by atoms with Crippen LogP contribution in [0.1, 0.15) is 32.6 Å². The molecule has 20 heavy (non-hydrogen) atoms. The lowest BCUT2D eigenvalue weighted by molar-refractivity contribution is -0.139. The van der Waals surface area contributed by atoms with E-state index in [-0.39, 0.29) is 30.0 Å².